The molecule has 1 aliphatic rings. The number of halogens is 2. The predicted molar refractivity (Wildman–Crippen MR) is 90.6 cm³/mol. The minimum Gasteiger partial charge on any atom is -0.377 e. The molecule has 1 unspecified atom stereocenters. The van der Waals surface area contributed by atoms with E-state index in [1.807, 2.05) is 6.07 Å². The van der Waals surface area contributed by atoms with Gasteiger partial charge in [-0.25, -0.2) is 8.78 Å². The molecular formula is C20H23F2NO. The van der Waals surface area contributed by atoms with E-state index in [4.69, 9.17) is 4.74 Å². The summed E-state index contributed by atoms with van der Waals surface area (Å²) in [6.45, 7) is 4.88. The molecule has 3 rings (SSSR count). The Morgan fingerprint density at radius 2 is 1.79 bits per heavy atom. The van der Waals surface area contributed by atoms with E-state index in [1.54, 1.807) is 0 Å². The summed E-state index contributed by atoms with van der Waals surface area (Å²) in [7, 11) is 0. The van der Waals surface area contributed by atoms with Crippen molar-refractivity contribution in [2.75, 3.05) is 13.2 Å². The van der Waals surface area contributed by atoms with Gasteiger partial charge in [-0.15, -0.1) is 0 Å². The van der Waals surface area contributed by atoms with Crippen molar-refractivity contribution in [3.05, 3.63) is 70.8 Å². The van der Waals surface area contributed by atoms with E-state index in [-0.39, 0.29) is 6.10 Å². The molecule has 0 radical (unpaired) electrons. The van der Waals surface area contributed by atoms with Crippen LogP contribution in [0.25, 0.3) is 0 Å². The summed E-state index contributed by atoms with van der Waals surface area (Å²) in [5.41, 5.74) is 3.06. The molecule has 0 N–H and O–H groups in total. The third-order valence-corrected chi connectivity index (χ3v) is 4.30. The van der Waals surface area contributed by atoms with E-state index in [1.165, 1.54) is 23.3 Å². The SMILES string of the molecule is Cc1cccc(CN(Cc2cc(F)cc(F)c2)CC2CCCO2)c1. The van der Waals surface area contributed by atoms with Gasteiger partial charge >= 0.3 is 0 Å². The molecule has 2 aromatic rings. The predicted octanol–water partition coefficient (Wildman–Crippen LogP) is 4.45. The van der Waals surface area contributed by atoms with Crippen molar-refractivity contribution >= 4 is 0 Å². The lowest BCUT2D eigenvalue weighted by atomic mass is 10.1. The number of benzene rings is 2. The lowest BCUT2D eigenvalue weighted by molar-refractivity contribution is 0.0678. The molecule has 1 saturated heterocycles. The minimum atomic E-state index is -0.530. The van der Waals surface area contributed by atoms with Crippen LogP contribution in [0.1, 0.15) is 29.5 Å². The first-order chi connectivity index (χ1) is 11.6. The average molecular weight is 331 g/mol. The van der Waals surface area contributed by atoms with Crippen LogP contribution in [-0.2, 0) is 17.8 Å². The highest BCUT2D eigenvalue weighted by Crippen LogP contribution is 2.18. The number of ether oxygens (including phenoxy) is 1. The van der Waals surface area contributed by atoms with Crippen LogP contribution in [0.2, 0.25) is 0 Å². The fourth-order valence-corrected chi connectivity index (χ4v) is 3.29. The van der Waals surface area contributed by atoms with E-state index in [9.17, 15) is 8.78 Å². The maximum absolute atomic E-state index is 13.5. The minimum absolute atomic E-state index is 0.202. The normalized spacial score (nSPS) is 17.6. The van der Waals surface area contributed by atoms with Gasteiger partial charge in [0, 0.05) is 32.3 Å². The standard InChI is InChI=1S/C20H23F2NO/c1-15-4-2-5-16(8-15)12-23(14-20-6-3-7-24-20)13-17-9-18(21)11-19(22)10-17/h2,4-5,8-11,20H,3,6-7,12-14H2,1H3. The van der Waals surface area contributed by atoms with Crippen LogP contribution in [0.15, 0.2) is 42.5 Å². The molecule has 2 aromatic carbocycles. The van der Waals surface area contributed by atoms with Gasteiger partial charge in [0.15, 0.2) is 0 Å². The summed E-state index contributed by atoms with van der Waals surface area (Å²) < 4.78 is 32.7. The van der Waals surface area contributed by atoms with Crippen molar-refractivity contribution in [1.82, 2.24) is 4.90 Å². The van der Waals surface area contributed by atoms with Gasteiger partial charge in [-0.2, -0.15) is 0 Å². The van der Waals surface area contributed by atoms with Crippen molar-refractivity contribution < 1.29 is 13.5 Å². The maximum atomic E-state index is 13.5. The Balaban J connectivity index is 1.75. The first-order valence-electron chi connectivity index (χ1n) is 8.43. The first-order valence-corrected chi connectivity index (χ1v) is 8.43. The van der Waals surface area contributed by atoms with Crippen LogP contribution < -0.4 is 0 Å². The Hall–Kier alpha value is -1.78. The molecule has 128 valence electrons. The van der Waals surface area contributed by atoms with E-state index in [2.05, 4.69) is 30.0 Å². The Morgan fingerprint density at radius 3 is 2.46 bits per heavy atom. The summed E-state index contributed by atoms with van der Waals surface area (Å²) in [6.07, 6.45) is 2.33. The van der Waals surface area contributed by atoms with Crippen molar-refractivity contribution in [2.24, 2.45) is 0 Å². The highest BCUT2D eigenvalue weighted by molar-refractivity contribution is 5.23. The second-order valence-corrected chi connectivity index (χ2v) is 6.57. The van der Waals surface area contributed by atoms with Gasteiger partial charge in [-0.3, -0.25) is 4.90 Å². The van der Waals surface area contributed by atoms with Crippen LogP contribution in [0.5, 0.6) is 0 Å². The molecule has 0 aliphatic carbocycles. The molecule has 1 fully saturated rings. The largest absolute Gasteiger partial charge is 0.377 e. The zero-order chi connectivity index (χ0) is 16.9. The van der Waals surface area contributed by atoms with E-state index in [0.29, 0.717) is 12.1 Å². The van der Waals surface area contributed by atoms with Gasteiger partial charge in [0.05, 0.1) is 6.10 Å². The summed E-state index contributed by atoms with van der Waals surface area (Å²) in [5.74, 6) is -1.06. The maximum Gasteiger partial charge on any atom is 0.126 e. The van der Waals surface area contributed by atoms with Crippen LogP contribution in [0.4, 0.5) is 8.78 Å². The summed E-state index contributed by atoms with van der Waals surface area (Å²) >= 11 is 0. The summed E-state index contributed by atoms with van der Waals surface area (Å²) in [6, 6.07) is 12.1. The van der Waals surface area contributed by atoms with Gasteiger partial charge in [0.1, 0.15) is 11.6 Å². The topological polar surface area (TPSA) is 12.5 Å². The quantitative estimate of drug-likeness (QED) is 0.775. The first kappa shape index (κ1) is 17.1. The van der Waals surface area contributed by atoms with Crippen molar-refractivity contribution in [3.63, 3.8) is 0 Å². The average Bonchev–Trinajstić information content (AvgIpc) is 2.99. The van der Waals surface area contributed by atoms with Crippen LogP contribution >= 0.6 is 0 Å². The third-order valence-electron chi connectivity index (χ3n) is 4.30. The van der Waals surface area contributed by atoms with Gasteiger partial charge < -0.3 is 4.74 Å². The Bertz CT molecular complexity index is 663. The Labute approximate surface area is 142 Å². The van der Waals surface area contributed by atoms with E-state index in [0.717, 1.165) is 38.6 Å². The molecule has 0 amide bonds. The van der Waals surface area contributed by atoms with Crippen LogP contribution in [0.3, 0.4) is 0 Å². The van der Waals surface area contributed by atoms with Crippen molar-refractivity contribution in [1.29, 1.82) is 0 Å². The second kappa shape index (κ2) is 7.86. The second-order valence-electron chi connectivity index (χ2n) is 6.57. The summed E-state index contributed by atoms with van der Waals surface area (Å²) in [4.78, 5) is 2.21. The van der Waals surface area contributed by atoms with Gasteiger partial charge in [-0.1, -0.05) is 29.8 Å². The Kier molecular flexibility index (Phi) is 5.59. The molecule has 4 heteroatoms. The zero-order valence-electron chi connectivity index (χ0n) is 14.0. The Morgan fingerprint density at radius 1 is 1.04 bits per heavy atom. The molecule has 24 heavy (non-hydrogen) atoms. The van der Waals surface area contributed by atoms with Gasteiger partial charge in [-0.05, 0) is 43.0 Å². The highest BCUT2D eigenvalue weighted by atomic mass is 19.1. The molecule has 0 spiro atoms. The zero-order valence-corrected chi connectivity index (χ0v) is 14.0. The molecule has 0 bridgehead atoms. The number of hydrogen-bond acceptors (Lipinski definition) is 2. The van der Waals surface area contributed by atoms with Crippen LogP contribution in [-0.4, -0.2) is 24.2 Å². The fourth-order valence-electron chi connectivity index (χ4n) is 3.29. The highest BCUT2D eigenvalue weighted by Gasteiger charge is 2.20. The third kappa shape index (κ3) is 4.86. The number of nitrogens with zero attached hydrogens (tertiary/aromatic N) is 1. The lowest BCUT2D eigenvalue weighted by Gasteiger charge is -2.25. The molecule has 1 aliphatic heterocycles. The fraction of sp³-hybridized carbons (Fsp3) is 0.400. The smallest absolute Gasteiger partial charge is 0.126 e. The lowest BCUT2D eigenvalue weighted by Crippen LogP contribution is -2.31. The molecular weight excluding hydrogens is 308 g/mol. The number of hydrogen-bond donors (Lipinski definition) is 0. The molecule has 2 nitrogen and oxygen atoms in total. The number of aryl methyl sites for hydroxylation is 1. The summed E-state index contributed by atoms with van der Waals surface area (Å²) in [5, 5.41) is 0. The van der Waals surface area contributed by atoms with Gasteiger partial charge in [0.2, 0.25) is 0 Å². The number of rotatable bonds is 6. The van der Waals surface area contributed by atoms with E-state index < -0.39 is 11.6 Å². The molecule has 0 saturated carbocycles. The van der Waals surface area contributed by atoms with Crippen molar-refractivity contribution in [3.8, 4) is 0 Å². The monoisotopic (exact) mass is 331 g/mol. The van der Waals surface area contributed by atoms with Crippen LogP contribution in [0, 0.1) is 18.6 Å². The molecule has 0 aromatic heterocycles. The molecule has 1 heterocycles. The van der Waals surface area contributed by atoms with Gasteiger partial charge in [0.25, 0.3) is 0 Å². The van der Waals surface area contributed by atoms with Crippen molar-refractivity contribution in [2.45, 2.75) is 39.0 Å². The molecule has 1 atom stereocenters. The van der Waals surface area contributed by atoms with E-state index >= 15 is 0 Å².